The van der Waals surface area contributed by atoms with Gasteiger partial charge < -0.3 is 19.4 Å². The average Bonchev–Trinajstić information content (AvgIpc) is 2.90. The van der Waals surface area contributed by atoms with Crippen molar-refractivity contribution in [3.8, 4) is 5.75 Å². The molecule has 0 N–H and O–H groups in total. The van der Waals surface area contributed by atoms with Crippen LogP contribution in [0.15, 0.2) is 18.2 Å². The topological polar surface area (TPSA) is 53.1 Å². The van der Waals surface area contributed by atoms with E-state index >= 15 is 0 Å². The van der Waals surface area contributed by atoms with Gasteiger partial charge in [0, 0.05) is 44.2 Å². The van der Waals surface area contributed by atoms with Crippen LogP contribution in [-0.2, 0) is 9.59 Å². The minimum Gasteiger partial charge on any atom is -0.481 e. The Morgan fingerprint density at radius 3 is 2.59 bits per heavy atom. The Balaban J connectivity index is 1.51. The lowest BCUT2D eigenvalue weighted by atomic mass is 10.1. The zero-order valence-corrected chi connectivity index (χ0v) is 18.3. The summed E-state index contributed by atoms with van der Waals surface area (Å²) in [6, 6.07) is 5.36. The smallest absolute Gasteiger partial charge is 0.263 e. The number of nitrogens with zero attached hydrogens (tertiary/aromatic N) is 3. The molecule has 0 aliphatic carbocycles. The van der Waals surface area contributed by atoms with E-state index in [9.17, 15) is 9.59 Å². The number of likely N-dealkylation sites (tertiary alicyclic amines) is 1. The summed E-state index contributed by atoms with van der Waals surface area (Å²) in [7, 11) is 0. The van der Waals surface area contributed by atoms with Gasteiger partial charge in [-0.05, 0) is 63.5 Å². The van der Waals surface area contributed by atoms with Crippen molar-refractivity contribution in [3.05, 3.63) is 28.8 Å². The highest BCUT2D eigenvalue weighted by molar-refractivity contribution is 6.30. The van der Waals surface area contributed by atoms with E-state index in [2.05, 4.69) is 4.90 Å². The van der Waals surface area contributed by atoms with Crippen molar-refractivity contribution in [2.24, 2.45) is 0 Å². The van der Waals surface area contributed by atoms with Gasteiger partial charge in [0.05, 0.1) is 0 Å². The molecule has 2 aliphatic rings. The van der Waals surface area contributed by atoms with Crippen LogP contribution >= 0.6 is 11.6 Å². The molecule has 0 spiro atoms. The quantitative estimate of drug-likeness (QED) is 0.708. The van der Waals surface area contributed by atoms with Gasteiger partial charge in [0.15, 0.2) is 6.10 Å². The molecule has 2 heterocycles. The van der Waals surface area contributed by atoms with E-state index in [0.29, 0.717) is 36.8 Å². The highest BCUT2D eigenvalue weighted by atomic mass is 35.5. The van der Waals surface area contributed by atoms with Gasteiger partial charge in [0.25, 0.3) is 5.91 Å². The third-order valence-electron chi connectivity index (χ3n) is 5.82. The largest absolute Gasteiger partial charge is 0.481 e. The number of halogens is 1. The van der Waals surface area contributed by atoms with Crippen molar-refractivity contribution in [3.63, 3.8) is 0 Å². The number of benzene rings is 1. The first-order valence-corrected chi connectivity index (χ1v) is 11.0. The molecule has 0 saturated carbocycles. The van der Waals surface area contributed by atoms with Crippen LogP contribution in [0.25, 0.3) is 0 Å². The molecule has 0 bridgehead atoms. The molecular formula is C22H32ClN3O3. The summed E-state index contributed by atoms with van der Waals surface area (Å²) in [6.45, 7) is 9.19. The Morgan fingerprint density at radius 1 is 1.10 bits per heavy atom. The Morgan fingerprint density at radius 2 is 1.86 bits per heavy atom. The van der Waals surface area contributed by atoms with Crippen molar-refractivity contribution in [2.75, 3.05) is 45.8 Å². The highest BCUT2D eigenvalue weighted by Gasteiger charge is 2.28. The molecule has 1 aromatic rings. The van der Waals surface area contributed by atoms with E-state index < -0.39 is 6.10 Å². The minimum atomic E-state index is -0.607. The van der Waals surface area contributed by atoms with Crippen molar-refractivity contribution < 1.29 is 14.3 Å². The van der Waals surface area contributed by atoms with Crippen molar-refractivity contribution in [2.45, 2.75) is 45.6 Å². The number of rotatable bonds is 6. The number of carbonyl (C=O) groups excluding carboxylic acids is 2. The number of hydrogen-bond acceptors (Lipinski definition) is 4. The van der Waals surface area contributed by atoms with Crippen molar-refractivity contribution in [1.29, 1.82) is 0 Å². The van der Waals surface area contributed by atoms with Gasteiger partial charge in [0.2, 0.25) is 5.91 Å². The average molecular weight is 422 g/mol. The van der Waals surface area contributed by atoms with Crippen LogP contribution in [0, 0.1) is 6.92 Å². The van der Waals surface area contributed by atoms with Gasteiger partial charge in [-0.3, -0.25) is 9.59 Å². The zero-order chi connectivity index (χ0) is 20.8. The van der Waals surface area contributed by atoms with E-state index in [1.165, 1.54) is 19.3 Å². The third-order valence-corrected chi connectivity index (χ3v) is 6.06. The predicted molar refractivity (Wildman–Crippen MR) is 114 cm³/mol. The number of carbonyl (C=O) groups is 2. The fourth-order valence-corrected chi connectivity index (χ4v) is 4.24. The predicted octanol–water partition coefficient (Wildman–Crippen LogP) is 2.96. The molecular weight excluding hydrogens is 390 g/mol. The van der Waals surface area contributed by atoms with Crippen LogP contribution in [0.2, 0.25) is 5.02 Å². The Hall–Kier alpha value is -1.79. The normalized spacial score (nSPS) is 19.8. The fourth-order valence-electron chi connectivity index (χ4n) is 4.01. The number of hydrogen-bond donors (Lipinski definition) is 0. The van der Waals surface area contributed by atoms with Crippen LogP contribution in [0.3, 0.4) is 0 Å². The molecule has 0 radical (unpaired) electrons. The molecule has 160 valence electrons. The van der Waals surface area contributed by atoms with Gasteiger partial charge >= 0.3 is 0 Å². The summed E-state index contributed by atoms with van der Waals surface area (Å²) in [6.07, 6.45) is 3.58. The maximum atomic E-state index is 12.9. The monoisotopic (exact) mass is 421 g/mol. The summed E-state index contributed by atoms with van der Waals surface area (Å²) < 4.78 is 5.88. The first-order valence-electron chi connectivity index (χ1n) is 10.7. The number of amides is 2. The maximum absolute atomic E-state index is 12.9. The Bertz CT molecular complexity index is 721. The molecule has 6 nitrogen and oxygen atoms in total. The lowest BCUT2D eigenvalue weighted by molar-refractivity contribution is -0.137. The molecule has 1 aromatic carbocycles. The fraction of sp³-hybridized carbons (Fsp3) is 0.636. The van der Waals surface area contributed by atoms with Crippen LogP contribution in [0.1, 0.15) is 38.2 Å². The van der Waals surface area contributed by atoms with E-state index in [-0.39, 0.29) is 11.8 Å². The van der Waals surface area contributed by atoms with E-state index in [1.807, 2.05) is 17.9 Å². The first kappa shape index (κ1) is 21.9. The van der Waals surface area contributed by atoms with Crippen LogP contribution < -0.4 is 4.74 Å². The number of piperidine rings is 1. The molecule has 2 fully saturated rings. The van der Waals surface area contributed by atoms with E-state index in [4.69, 9.17) is 16.3 Å². The van der Waals surface area contributed by atoms with E-state index in [1.54, 1.807) is 24.0 Å². The van der Waals surface area contributed by atoms with Crippen LogP contribution in [0.5, 0.6) is 5.75 Å². The molecule has 2 aliphatic heterocycles. The highest BCUT2D eigenvalue weighted by Crippen LogP contribution is 2.23. The van der Waals surface area contributed by atoms with Gasteiger partial charge in [0.1, 0.15) is 5.75 Å². The van der Waals surface area contributed by atoms with Crippen molar-refractivity contribution >= 4 is 23.4 Å². The lowest BCUT2D eigenvalue weighted by Crippen LogP contribution is -2.43. The maximum Gasteiger partial charge on any atom is 0.263 e. The van der Waals surface area contributed by atoms with Gasteiger partial charge in [-0.1, -0.05) is 18.0 Å². The Kier molecular flexibility index (Phi) is 7.78. The molecule has 7 heteroatoms. The summed E-state index contributed by atoms with van der Waals surface area (Å²) in [5.41, 5.74) is 0.895. The SMILES string of the molecule is Cc1cc(Cl)ccc1OC(C)C(=O)N1CCC(=O)N(CCN2CCCCC2)CC1. The van der Waals surface area contributed by atoms with E-state index in [0.717, 1.165) is 31.7 Å². The number of aryl methyl sites for hydroxylation is 1. The van der Waals surface area contributed by atoms with Crippen LogP contribution in [-0.4, -0.2) is 78.4 Å². The summed E-state index contributed by atoms with van der Waals surface area (Å²) in [5.74, 6) is 0.716. The van der Waals surface area contributed by atoms with Gasteiger partial charge in [-0.15, -0.1) is 0 Å². The third kappa shape index (κ3) is 6.09. The first-order chi connectivity index (χ1) is 13.9. The minimum absolute atomic E-state index is 0.0787. The summed E-state index contributed by atoms with van der Waals surface area (Å²) in [5, 5.41) is 0.643. The molecule has 2 amide bonds. The van der Waals surface area contributed by atoms with Crippen LogP contribution in [0.4, 0.5) is 0 Å². The van der Waals surface area contributed by atoms with Gasteiger partial charge in [-0.2, -0.15) is 0 Å². The molecule has 1 atom stereocenters. The summed E-state index contributed by atoms with van der Waals surface area (Å²) in [4.78, 5) is 31.5. The van der Waals surface area contributed by atoms with Gasteiger partial charge in [-0.25, -0.2) is 0 Å². The second-order valence-electron chi connectivity index (χ2n) is 8.03. The second-order valence-corrected chi connectivity index (χ2v) is 8.46. The standard InChI is InChI=1S/C22H32ClN3O3/c1-17-16-19(23)6-7-20(17)29-18(2)22(28)26-11-8-21(27)25(14-15-26)13-12-24-9-4-3-5-10-24/h6-7,16,18H,3-5,8-15H2,1-2H3. The lowest BCUT2D eigenvalue weighted by Gasteiger charge is -2.29. The Labute approximate surface area is 178 Å². The molecule has 1 unspecified atom stereocenters. The number of ether oxygens (including phenoxy) is 1. The summed E-state index contributed by atoms with van der Waals surface area (Å²) >= 11 is 5.99. The van der Waals surface area contributed by atoms with Crippen molar-refractivity contribution in [1.82, 2.24) is 14.7 Å². The molecule has 2 saturated heterocycles. The zero-order valence-electron chi connectivity index (χ0n) is 17.5. The molecule has 0 aromatic heterocycles. The molecule has 3 rings (SSSR count). The molecule has 29 heavy (non-hydrogen) atoms. The second kappa shape index (κ2) is 10.3.